The second-order valence-corrected chi connectivity index (χ2v) is 9.04. The highest BCUT2D eigenvalue weighted by molar-refractivity contribution is 5.84. The predicted molar refractivity (Wildman–Crippen MR) is 119 cm³/mol. The molecule has 0 radical (unpaired) electrons. The molecule has 31 heavy (non-hydrogen) atoms. The summed E-state index contributed by atoms with van der Waals surface area (Å²) in [5.41, 5.74) is 0.918. The lowest BCUT2D eigenvalue weighted by Gasteiger charge is -2.21. The van der Waals surface area contributed by atoms with Crippen LogP contribution in [0, 0.1) is 17.8 Å². The van der Waals surface area contributed by atoms with Gasteiger partial charge in [-0.3, -0.25) is 9.59 Å². The van der Waals surface area contributed by atoms with E-state index in [0.29, 0.717) is 42.8 Å². The van der Waals surface area contributed by atoms with E-state index in [0.717, 1.165) is 31.2 Å². The molecule has 1 aliphatic heterocycles. The van der Waals surface area contributed by atoms with Crippen molar-refractivity contribution in [2.24, 2.45) is 17.8 Å². The number of nitrogens with one attached hydrogen (secondary N) is 1. The van der Waals surface area contributed by atoms with E-state index in [9.17, 15) is 9.59 Å². The van der Waals surface area contributed by atoms with E-state index in [2.05, 4.69) is 19.2 Å². The van der Waals surface area contributed by atoms with Crippen LogP contribution in [-0.4, -0.2) is 57.7 Å². The zero-order valence-corrected chi connectivity index (χ0v) is 19.4. The SMILES string of the molecule is COc1cc([C@@H]2CN(C(=O)C3CCCC3)C[C@@H]2C(=O)NCC(C)C)cc(OC)c1OC. The Morgan fingerprint density at radius 2 is 1.65 bits per heavy atom. The molecule has 172 valence electrons. The Labute approximate surface area is 185 Å². The molecule has 1 heterocycles. The molecule has 0 bridgehead atoms. The molecule has 3 rings (SSSR count). The number of hydrogen-bond acceptors (Lipinski definition) is 5. The maximum absolute atomic E-state index is 13.1. The first kappa shape index (κ1) is 23.2. The highest BCUT2D eigenvalue weighted by Gasteiger charge is 2.42. The lowest BCUT2D eigenvalue weighted by Crippen LogP contribution is -2.38. The smallest absolute Gasteiger partial charge is 0.225 e. The Bertz CT molecular complexity index is 763. The van der Waals surface area contributed by atoms with Gasteiger partial charge in [0.2, 0.25) is 17.6 Å². The molecule has 1 aliphatic carbocycles. The number of benzene rings is 1. The molecule has 1 saturated carbocycles. The maximum atomic E-state index is 13.1. The van der Waals surface area contributed by atoms with Gasteiger partial charge < -0.3 is 24.4 Å². The number of nitrogens with zero attached hydrogens (tertiary/aromatic N) is 1. The number of likely N-dealkylation sites (tertiary alicyclic amines) is 1. The van der Waals surface area contributed by atoms with Crippen LogP contribution in [0.2, 0.25) is 0 Å². The van der Waals surface area contributed by atoms with Crippen LogP contribution >= 0.6 is 0 Å². The third-order valence-corrected chi connectivity index (χ3v) is 6.47. The van der Waals surface area contributed by atoms with E-state index >= 15 is 0 Å². The Hall–Kier alpha value is -2.44. The van der Waals surface area contributed by atoms with Gasteiger partial charge in [-0.05, 0) is 36.5 Å². The second kappa shape index (κ2) is 10.2. The van der Waals surface area contributed by atoms with Gasteiger partial charge in [-0.1, -0.05) is 26.7 Å². The quantitative estimate of drug-likeness (QED) is 0.683. The topological polar surface area (TPSA) is 77.1 Å². The molecule has 7 heteroatoms. The number of hydrogen-bond donors (Lipinski definition) is 1. The predicted octanol–water partition coefficient (Wildman–Crippen LogP) is 3.22. The molecule has 0 aromatic heterocycles. The molecule has 1 aromatic rings. The number of methoxy groups -OCH3 is 3. The maximum Gasteiger partial charge on any atom is 0.225 e. The lowest BCUT2D eigenvalue weighted by atomic mass is 9.87. The first-order valence-corrected chi connectivity index (χ1v) is 11.3. The molecule has 1 aromatic carbocycles. The average molecular weight is 433 g/mol. The summed E-state index contributed by atoms with van der Waals surface area (Å²) in [6.07, 6.45) is 4.13. The number of ether oxygens (including phenoxy) is 3. The normalized spacial score (nSPS) is 21.4. The summed E-state index contributed by atoms with van der Waals surface area (Å²) < 4.78 is 16.5. The van der Waals surface area contributed by atoms with Crippen LogP contribution in [0.5, 0.6) is 17.2 Å². The first-order chi connectivity index (χ1) is 14.9. The molecule has 2 atom stereocenters. The molecular weight excluding hydrogens is 396 g/mol. The fourth-order valence-electron chi connectivity index (χ4n) is 4.77. The lowest BCUT2D eigenvalue weighted by molar-refractivity contribution is -0.134. The minimum absolute atomic E-state index is 0.00539. The minimum Gasteiger partial charge on any atom is -0.493 e. The standard InChI is InChI=1S/C24H36N2O5/c1-15(2)12-25-23(27)19-14-26(24(28)16-8-6-7-9-16)13-18(19)17-10-20(29-3)22(31-5)21(11-17)30-4/h10-11,15-16,18-19H,6-9,12-14H2,1-5H3,(H,25,27)/t18-,19-/m0/s1. The summed E-state index contributed by atoms with van der Waals surface area (Å²) in [7, 11) is 4.73. The molecule has 1 N–H and O–H groups in total. The largest absolute Gasteiger partial charge is 0.493 e. The summed E-state index contributed by atoms with van der Waals surface area (Å²) in [6.45, 7) is 5.73. The Balaban J connectivity index is 1.91. The van der Waals surface area contributed by atoms with Crippen molar-refractivity contribution in [3.05, 3.63) is 17.7 Å². The van der Waals surface area contributed by atoms with Crippen LogP contribution in [0.25, 0.3) is 0 Å². The summed E-state index contributed by atoms with van der Waals surface area (Å²) in [5.74, 6) is 1.82. The van der Waals surface area contributed by atoms with Crippen molar-refractivity contribution in [3.63, 3.8) is 0 Å². The van der Waals surface area contributed by atoms with Crippen molar-refractivity contribution in [2.45, 2.75) is 45.4 Å². The fraction of sp³-hybridized carbons (Fsp3) is 0.667. The fourth-order valence-corrected chi connectivity index (χ4v) is 4.77. The molecule has 2 amide bonds. The van der Waals surface area contributed by atoms with Gasteiger partial charge in [0.1, 0.15) is 0 Å². The molecular formula is C24H36N2O5. The van der Waals surface area contributed by atoms with Crippen molar-refractivity contribution >= 4 is 11.8 Å². The third kappa shape index (κ3) is 5.08. The van der Waals surface area contributed by atoms with Crippen molar-refractivity contribution in [3.8, 4) is 17.2 Å². The molecule has 0 unspecified atom stereocenters. The van der Waals surface area contributed by atoms with Crippen molar-refractivity contribution < 1.29 is 23.8 Å². The Morgan fingerprint density at radius 1 is 1.03 bits per heavy atom. The van der Waals surface area contributed by atoms with Crippen molar-refractivity contribution in [1.29, 1.82) is 0 Å². The van der Waals surface area contributed by atoms with Gasteiger partial charge in [0.05, 0.1) is 27.2 Å². The second-order valence-electron chi connectivity index (χ2n) is 9.04. The number of carbonyl (C=O) groups excluding carboxylic acids is 2. The molecule has 1 saturated heterocycles. The Morgan fingerprint density at radius 3 is 2.16 bits per heavy atom. The zero-order chi connectivity index (χ0) is 22.5. The molecule has 2 fully saturated rings. The van der Waals surface area contributed by atoms with Crippen LogP contribution in [0.1, 0.15) is 51.0 Å². The number of carbonyl (C=O) groups is 2. The van der Waals surface area contributed by atoms with Crippen molar-refractivity contribution in [1.82, 2.24) is 10.2 Å². The van der Waals surface area contributed by atoms with E-state index in [-0.39, 0.29) is 29.6 Å². The van der Waals surface area contributed by atoms with E-state index in [1.165, 1.54) is 0 Å². The van der Waals surface area contributed by atoms with Gasteiger partial charge in [0.25, 0.3) is 0 Å². The molecule has 7 nitrogen and oxygen atoms in total. The third-order valence-electron chi connectivity index (χ3n) is 6.47. The molecule has 0 spiro atoms. The highest BCUT2D eigenvalue weighted by Crippen LogP contribution is 2.43. The van der Waals surface area contributed by atoms with E-state index < -0.39 is 0 Å². The van der Waals surface area contributed by atoms with Crippen LogP contribution in [0.3, 0.4) is 0 Å². The van der Waals surface area contributed by atoms with Gasteiger partial charge in [-0.25, -0.2) is 0 Å². The van der Waals surface area contributed by atoms with Gasteiger partial charge in [0, 0.05) is 31.5 Å². The summed E-state index contributed by atoms with van der Waals surface area (Å²) in [5, 5.41) is 3.07. The first-order valence-electron chi connectivity index (χ1n) is 11.3. The van der Waals surface area contributed by atoms with Crippen LogP contribution < -0.4 is 19.5 Å². The summed E-state index contributed by atoms with van der Waals surface area (Å²) in [4.78, 5) is 28.1. The summed E-state index contributed by atoms with van der Waals surface area (Å²) in [6, 6.07) is 3.80. The Kier molecular flexibility index (Phi) is 7.68. The number of amides is 2. The van der Waals surface area contributed by atoms with Crippen LogP contribution in [0.4, 0.5) is 0 Å². The monoisotopic (exact) mass is 432 g/mol. The highest BCUT2D eigenvalue weighted by atomic mass is 16.5. The van der Waals surface area contributed by atoms with Crippen LogP contribution in [-0.2, 0) is 9.59 Å². The summed E-state index contributed by atoms with van der Waals surface area (Å²) >= 11 is 0. The van der Waals surface area contributed by atoms with Gasteiger partial charge in [-0.15, -0.1) is 0 Å². The van der Waals surface area contributed by atoms with E-state index in [1.54, 1.807) is 21.3 Å². The van der Waals surface area contributed by atoms with Crippen molar-refractivity contribution in [2.75, 3.05) is 41.0 Å². The van der Waals surface area contributed by atoms with Gasteiger partial charge in [0.15, 0.2) is 11.5 Å². The van der Waals surface area contributed by atoms with E-state index in [1.807, 2.05) is 17.0 Å². The van der Waals surface area contributed by atoms with Crippen LogP contribution in [0.15, 0.2) is 12.1 Å². The van der Waals surface area contributed by atoms with Gasteiger partial charge >= 0.3 is 0 Å². The zero-order valence-electron chi connectivity index (χ0n) is 19.4. The molecule has 2 aliphatic rings. The minimum atomic E-state index is -0.313. The van der Waals surface area contributed by atoms with Gasteiger partial charge in [-0.2, -0.15) is 0 Å². The number of rotatable bonds is 8. The van der Waals surface area contributed by atoms with E-state index in [4.69, 9.17) is 14.2 Å². The average Bonchev–Trinajstić information content (AvgIpc) is 3.46.